The lowest BCUT2D eigenvalue weighted by molar-refractivity contribution is -0.0559. The minimum Gasteiger partial charge on any atom is -0.383 e. The summed E-state index contributed by atoms with van der Waals surface area (Å²) in [7, 11) is 2.21. The van der Waals surface area contributed by atoms with Crippen LogP contribution < -0.4 is 45.3 Å². The van der Waals surface area contributed by atoms with E-state index in [9.17, 15) is 52.6 Å². The van der Waals surface area contributed by atoms with Gasteiger partial charge in [0, 0.05) is 105 Å². The fraction of sp³-hybridized carbons (Fsp3) is 0.680. The van der Waals surface area contributed by atoms with E-state index in [0.29, 0.717) is 30.4 Å². The molecule has 36 nitrogen and oxygen atoms in total. The normalized spacial score (nSPS) is 30.0. The molecule has 40 heteroatoms. The van der Waals surface area contributed by atoms with Crippen molar-refractivity contribution in [3.05, 3.63) is 111 Å². The van der Waals surface area contributed by atoms with E-state index in [-0.39, 0.29) is 23.8 Å². The second-order valence-corrected chi connectivity index (χ2v) is 26.0. The molecule has 4 aliphatic heterocycles. The summed E-state index contributed by atoms with van der Waals surface area (Å²) in [4.78, 5) is 111. The number of phosphoric acid groups is 2. The van der Waals surface area contributed by atoms with Crippen LogP contribution in [0.3, 0.4) is 0 Å². The van der Waals surface area contributed by atoms with Gasteiger partial charge in [0.25, 0.3) is 11.1 Å². The first-order valence-corrected chi connectivity index (χ1v) is 33.3. The molecule has 4 aliphatic rings. The number of hydrogen-bond donors (Lipinski definition) is 7. The fourth-order valence-electron chi connectivity index (χ4n) is 10.1. The Labute approximate surface area is 520 Å². The Morgan fingerprint density at radius 2 is 0.778 bits per heavy atom. The number of nitrogens with two attached hydrogens (primary N) is 2. The summed E-state index contributed by atoms with van der Waals surface area (Å²) < 4.78 is 108. The number of aromatic amines is 2. The first-order valence-electron chi connectivity index (χ1n) is 27.7. The maximum atomic E-state index is 12.2. The molecule has 4 aromatic rings. The molecule has 7 unspecified atom stereocenters. The van der Waals surface area contributed by atoms with Crippen LogP contribution in [-0.4, -0.2) is 183 Å². The van der Waals surface area contributed by atoms with Crippen molar-refractivity contribution in [2.75, 3.05) is 68.3 Å². The SMILES string of the molecule is CC[C@H]1O[C@@H](n2cc(C)c(N)nc2=O)C(OC)[C@H]1OP(=O)(O)OC.CC[C@H]1O[C@@H](n2cc(C)c(N)nc2=O)C(OC)[C@H]1OP(O)(=S)OC.CC[C@H]1O[C@@H](n2ccc(=O)[nH]c2=O)C(OC)[C@H]1OC.CC[C@H]1O[C@@H](n2ccc(=O)[nH]c2=O)C(OC)[C@H]1OP(=O)(O)OC. The molecule has 90 heavy (non-hydrogen) atoms. The predicted molar refractivity (Wildman–Crippen MR) is 321 cm³/mol. The minimum atomic E-state index is -4.27. The quantitative estimate of drug-likeness (QED) is 0.0543. The number of phosphoric ester groups is 2. The van der Waals surface area contributed by atoms with Gasteiger partial charge in [0.15, 0.2) is 24.9 Å². The van der Waals surface area contributed by atoms with Crippen LogP contribution in [0.2, 0.25) is 0 Å². The van der Waals surface area contributed by atoms with Crippen LogP contribution in [-0.2, 0) is 90.7 Å². The fourth-order valence-corrected chi connectivity index (χ4v) is 12.3. The molecule has 19 atom stereocenters. The second kappa shape index (κ2) is 33.3. The highest BCUT2D eigenvalue weighted by atomic mass is 32.5. The first-order chi connectivity index (χ1) is 42.4. The molecule has 0 saturated carbocycles. The van der Waals surface area contributed by atoms with Crippen LogP contribution in [0.4, 0.5) is 11.6 Å². The number of hydrogen-bond acceptors (Lipinski definition) is 28. The molecule has 9 N–H and O–H groups in total. The smallest absolute Gasteiger partial charge is 0.383 e. The van der Waals surface area contributed by atoms with Gasteiger partial charge in [0.1, 0.15) is 60.5 Å². The Hall–Kier alpha value is -4.89. The number of aryl methyl sites for hydroxylation is 2. The maximum absolute atomic E-state index is 12.2. The van der Waals surface area contributed by atoms with Gasteiger partial charge >= 0.3 is 45.1 Å². The highest BCUT2D eigenvalue weighted by molar-refractivity contribution is 8.07. The number of nitrogen functional groups attached to an aromatic ring is 2. The van der Waals surface area contributed by atoms with Gasteiger partial charge in [0.05, 0.1) is 24.4 Å². The summed E-state index contributed by atoms with van der Waals surface area (Å²) in [6, 6.07) is 2.44. The van der Waals surface area contributed by atoms with Crippen molar-refractivity contribution >= 4 is 45.8 Å². The number of aromatic nitrogens is 8. The summed E-state index contributed by atoms with van der Waals surface area (Å²) in [5.41, 5.74) is 9.15. The van der Waals surface area contributed by atoms with Crippen LogP contribution in [0.25, 0.3) is 0 Å². The van der Waals surface area contributed by atoms with Crippen molar-refractivity contribution in [1.29, 1.82) is 0 Å². The summed E-state index contributed by atoms with van der Waals surface area (Å²) in [6.07, 6.45) is -2.48. The average molecular weight is 1360 g/mol. The molecule has 0 aliphatic carbocycles. The summed E-state index contributed by atoms with van der Waals surface area (Å²) in [6.45, 7) is 7.49. The number of nitrogens with zero attached hydrogens (tertiary/aromatic N) is 6. The van der Waals surface area contributed by atoms with Crippen molar-refractivity contribution in [2.45, 2.75) is 165 Å². The Kier molecular flexibility index (Phi) is 28.0. The van der Waals surface area contributed by atoms with E-state index in [1.807, 2.05) is 20.8 Å². The third-order valence-corrected chi connectivity index (χ3v) is 18.3. The van der Waals surface area contributed by atoms with Gasteiger partial charge in [-0.2, -0.15) is 9.97 Å². The van der Waals surface area contributed by atoms with E-state index in [1.54, 1.807) is 41.2 Å². The van der Waals surface area contributed by atoms with Gasteiger partial charge < -0.3 is 73.3 Å². The zero-order valence-electron chi connectivity index (χ0n) is 51.8. The molecule has 4 aromatic heterocycles. The van der Waals surface area contributed by atoms with E-state index in [0.717, 1.165) is 25.2 Å². The Morgan fingerprint density at radius 3 is 1.06 bits per heavy atom. The monoisotopic (exact) mass is 1360 g/mol. The molecule has 508 valence electrons. The van der Waals surface area contributed by atoms with Crippen LogP contribution in [0.5, 0.6) is 0 Å². The van der Waals surface area contributed by atoms with Crippen LogP contribution in [0, 0.1) is 13.8 Å². The number of rotatable bonds is 22. The predicted octanol–water partition coefficient (Wildman–Crippen LogP) is 1.16. The van der Waals surface area contributed by atoms with E-state index < -0.39 is 142 Å². The van der Waals surface area contributed by atoms with Gasteiger partial charge in [-0.25, -0.2) is 28.3 Å². The lowest BCUT2D eigenvalue weighted by Gasteiger charge is -2.26. The third kappa shape index (κ3) is 18.3. The standard InChI is InChI=1S/C13H22N3O7P.C13H22N3O6PS.C12H19N2O8P.C12H18N2O5/c1-5-8-9(23-24(18,19)21-4)10(20-3)12(22-8)16-6-7(2)11(14)15-13(16)17;1-5-8-9(22-23(18,24)20-4)10(19-3)12(21-8)16-6-7(2)11(14)15-13(16)17;1-4-7-9(22-23(17,18)20-3)10(19-2)11(21-7)14-6-5-8(15)13-12(14)16;1-4-7-9(17-2)10(18-3)11(19-7)14-6-5-8(15)13-12(14)16/h6,8-10,12H,5H2,1-4H3,(H,18,19)(H2,14,15,17);6,8-10,12H,5H2,1-4H3,(H,18,24)(H2,14,15,17);5-7,9-11H,4H2,1-3H3,(H,17,18)(H,13,15,16);5-7,9-11H,4H2,1-3H3,(H,13,15,16)/t8-,9+,10?,12-;8-,9+,10?,12-,23?;2*7-,9+,10?,11-/m1111/s1. The number of methoxy groups -OCH3 is 5. The molecule has 0 aromatic carbocycles. The lowest BCUT2D eigenvalue weighted by Crippen LogP contribution is -2.39. The molecular weight excluding hydrogens is 1280 g/mol. The number of ether oxygens (including phenoxy) is 9. The number of anilines is 2. The third-order valence-electron chi connectivity index (χ3n) is 14.7. The van der Waals surface area contributed by atoms with Gasteiger partial charge in [-0.15, -0.1) is 0 Å². The van der Waals surface area contributed by atoms with Crippen molar-refractivity contribution in [3.63, 3.8) is 0 Å². The Morgan fingerprint density at radius 1 is 0.489 bits per heavy atom. The Balaban J connectivity index is 0.000000219. The topological polar surface area (TPSA) is 465 Å². The molecule has 8 heterocycles. The molecule has 4 saturated heterocycles. The van der Waals surface area contributed by atoms with E-state index in [4.69, 9.17) is 84.0 Å². The van der Waals surface area contributed by atoms with E-state index in [2.05, 4.69) is 29.0 Å². The van der Waals surface area contributed by atoms with E-state index in [1.165, 1.54) is 72.9 Å². The largest absolute Gasteiger partial charge is 0.472 e. The molecule has 4 fully saturated rings. The van der Waals surface area contributed by atoms with E-state index >= 15 is 0 Å². The van der Waals surface area contributed by atoms with Crippen molar-refractivity contribution < 1.29 is 93.6 Å². The summed E-state index contributed by atoms with van der Waals surface area (Å²) in [5.74, 6) is 0.288. The Bertz CT molecular complexity index is 3420. The zero-order valence-corrected chi connectivity index (χ0v) is 55.3. The molecule has 0 radical (unpaired) electrons. The van der Waals surface area contributed by atoms with Crippen LogP contribution in [0.1, 0.15) is 89.4 Å². The molecular formula is C50H81N10O26P3S. The molecule has 0 bridgehead atoms. The van der Waals surface area contributed by atoms with Crippen molar-refractivity contribution in [3.8, 4) is 0 Å². The number of H-pyrrole nitrogens is 2. The van der Waals surface area contributed by atoms with Gasteiger partial charge in [-0.05, 0) is 51.3 Å². The first kappa shape index (κ1) is 75.8. The molecule has 8 rings (SSSR count). The van der Waals surface area contributed by atoms with Gasteiger partial charge in [0.2, 0.25) is 0 Å². The van der Waals surface area contributed by atoms with Crippen molar-refractivity contribution in [2.24, 2.45) is 0 Å². The molecule has 0 amide bonds. The highest BCUT2D eigenvalue weighted by Gasteiger charge is 2.52. The summed E-state index contributed by atoms with van der Waals surface area (Å²) >= 11 is 4.92. The van der Waals surface area contributed by atoms with Gasteiger partial charge in [-0.3, -0.25) is 60.4 Å². The highest BCUT2D eigenvalue weighted by Crippen LogP contribution is 2.51. The average Bonchev–Trinajstić information content (AvgIpc) is 1.70. The zero-order chi connectivity index (χ0) is 67.3. The van der Waals surface area contributed by atoms with Crippen LogP contribution in [0.15, 0.2) is 65.7 Å². The van der Waals surface area contributed by atoms with Crippen LogP contribution >= 0.6 is 22.4 Å². The number of nitrogens with one attached hydrogen (secondary N) is 2. The maximum Gasteiger partial charge on any atom is 0.472 e. The molecule has 0 spiro atoms. The lowest BCUT2D eigenvalue weighted by atomic mass is 10.1. The van der Waals surface area contributed by atoms with Gasteiger partial charge in [-0.1, -0.05) is 27.7 Å². The second-order valence-electron chi connectivity index (χ2n) is 20.1. The summed E-state index contributed by atoms with van der Waals surface area (Å²) in [5, 5.41) is 0. The van der Waals surface area contributed by atoms with Crippen molar-refractivity contribution in [1.82, 2.24) is 38.2 Å². The minimum absolute atomic E-state index is 0.127.